The summed E-state index contributed by atoms with van der Waals surface area (Å²) in [5.41, 5.74) is 6.51. The van der Waals surface area contributed by atoms with Crippen molar-refractivity contribution in [3.05, 3.63) is 47.5 Å². The number of nitrogens with two attached hydrogens (primary N) is 1. The number of nitrogens with one attached hydrogen (secondary N) is 2. The number of rotatable bonds is 5. The van der Waals surface area contributed by atoms with E-state index in [2.05, 4.69) is 10.6 Å². The molecule has 0 spiro atoms. The minimum Gasteiger partial charge on any atom is -0.504 e. The molecule has 1 fully saturated rings. The molecule has 3 rings (SSSR count). The van der Waals surface area contributed by atoms with Crippen molar-refractivity contribution in [3.8, 4) is 23.0 Å². The summed E-state index contributed by atoms with van der Waals surface area (Å²) in [5, 5.41) is 49.5. The molecule has 1 aliphatic heterocycles. The fraction of sp³-hybridized carbons (Fsp3) is 0.211. The predicted octanol–water partition coefficient (Wildman–Crippen LogP) is -0.0995. The van der Waals surface area contributed by atoms with Crippen molar-refractivity contribution in [2.75, 3.05) is 0 Å². The van der Waals surface area contributed by atoms with Gasteiger partial charge in [-0.1, -0.05) is 12.1 Å². The van der Waals surface area contributed by atoms with Gasteiger partial charge in [0.2, 0.25) is 0 Å². The first kappa shape index (κ1) is 22.3. The third-order valence-electron chi connectivity index (χ3n) is 4.15. The summed E-state index contributed by atoms with van der Waals surface area (Å²) >= 11 is 0. The van der Waals surface area contributed by atoms with Gasteiger partial charge in [-0.05, 0) is 41.8 Å². The van der Waals surface area contributed by atoms with Gasteiger partial charge in [-0.15, -0.1) is 0 Å². The van der Waals surface area contributed by atoms with Crippen LogP contribution in [0.4, 0.5) is 4.79 Å². The SMILES string of the molecule is N[C@@H](Cc1ccc(O)c(O)c1)C(=O)O.O=C1NC(=O)C(Cc2ccc(O)c(O)c2)N1. The quantitative estimate of drug-likeness (QED) is 0.240. The Morgan fingerprint density at radius 3 is 1.93 bits per heavy atom. The zero-order chi connectivity index (χ0) is 22.4. The van der Waals surface area contributed by atoms with E-state index in [1.165, 1.54) is 30.3 Å². The van der Waals surface area contributed by atoms with Crippen molar-refractivity contribution in [2.24, 2.45) is 5.73 Å². The van der Waals surface area contributed by atoms with Crippen LogP contribution in [0.25, 0.3) is 0 Å². The van der Waals surface area contributed by atoms with Crippen molar-refractivity contribution in [3.63, 3.8) is 0 Å². The summed E-state index contributed by atoms with van der Waals surface area (Å²) in [6.07, 6.45) is 0.384. The van der Waals surface area contributed by atoms with Crippen molar-refractivity contribution in [2.45, 2.75) is 24.9 Å². The first-order valence-electron chi connectivity index (χ1n) is 8.68. The Labute approximate surface area is 170 Å². The van der Waals surface area contributed by atoms with E-state index in [0.29, 0.717) is 11.1 Å². The largest absolute Gasteiger partial charge is 0.504 e. The molecule has 9 N–H and O–H groups in total. The molecule has 2 aromatic rings. The van der Waals surface area contributed by atoms with E-state index in [-0.39, 0.29) is 35.8 Å². The Morgan fingerprint density at radius 2 is 1.47 bits per heavy atom. The molecule has 1 heterocycles. The van der Waals surface area contributed by atoms with Gasteiger partial charge in [0.15, 0.2) is 23.0 Å². The van der Waals surface area contributed by atoms with E-state index in [0.717, 1.165) is 0 Å². The molecule has 2 atom stereocenters. The Bertz CT molecular complexity index is 963. The maximum Gasteiger partial charge on any atom is 0.322 e. The number of amides is 3. The van der Waals surface area contributed by atoms with Gasteiger partial charge >= 0.3 is 12.0 Å². The molecule has 3 amide bonds. The van der Waals surface area contributed by atoms with Gasteiger partial charge < -0.3 is 36.6 Å². The number of imide groups is 1. The lowest BCUT2D eigenvalue weighted by Gasteiger charge is -2.07. The maximum atomic E-state index is 11.2. The first-order chi connectivity index (χ1) is 14.1. The Balaban J connectivity index is 0.000000216. The Kier molecular flexibility index (Phi) is 7.04. The van der Waals surface area contributed by atoms with E-state index < -0.39 is 30.0 Å². The van der Waals surface area contributed by atoms with Crippen molar-refractivity contribution in [1.82, 2.24) is 10.6 Å². The highest BCUT2D eigenvalue weighted by Gasteiger charge is 2.29. The molecular weight excluding hydrogens is 398 g/mol. The molecule has 160 valence electrons. The topological polar surface area (TPSA) is 202 Å². The molecule has 1 aliphatic rings. The molecule has 0 aromatic heterocycles. The molecule has 2 aromatic carbocycles. The van der Waals surface area contributed by atoms with Crippen molar-refractivity contribution < 1.29 is 39.9 Å². The van der Waals surface area contributed by atoms with Gasteiger partial charge in [-0.2, -0.15) is 0 Å². The second-order valence-corrected chi connectivity index (χ2v) is 6.51. The third-order valence-corrected chi connectivity index (χ3v) is 4.15. The molecule has 1 saturated heterocycles. The molecule has 30 heavy (non-hydrogen) atoms. The van der Waals surface area contributed by atoms with Crippen molar-refractivity contribution in [1.29, 1.82) is 0 Å². The number of hydrogen-bond donors (Lipinski definition) is 8. The van der Waals surface area contributed by atoms with Crippen LogP contribution in [0.15, 0.2) is 36.4 Å². The van der Waals surface area contributed by atoms with E-state index in [1.807, 2.05) is 0 Å². The van der Waals surface area contributed by atoms with Gasteiger partial charge in [0, 0.05) is 6.42 Å². The Morgan fingerprint density at radius 1 is 0.933 bits per heavy atom. The highest BCUT2D eigenvalue weighted by molar-refractivity contribution is 6.04. The van der Waals surface area contributed by atoms with Gasteiger partial charge in [-0.25, -0.2) is 4.79 Å². The summed E-state index contributed by atoms with van der Waals surface area (Å²) in [5.74, 6) is -2.47. The average Bonchev–Trinajstić information content (AvgIpc) is 2.98. The summed E-state index contributed by atoms with van der Waals surface area (Å²) < 4.78 is 0. The van der Waals surface area contributed by atoms with Crippen LogP contribution in [0.5, 0.6) is 23.0 Å². The van der Waals surface area contributed by atoms with Gasteiger partial charge in [-0.3, -0.25) is 14.9 Å². The number of carboxylic acid groups (broad SMARTS) is 1. The Hall–Kier alpha value is -3.99. The minimum atomic E-state index is -1.10. The molecule has 0 saturated carbocycles. The van der Waals surface area contributed by atoms with Crippen LogP contribution < -0.4 is 16.4 Å². The lowest BCUT2D eigenvalue weighted by atomic mass is 10.1. The number of benzene rings is 2. The number of hydrogen-bond acceptors (Lipinski definition) is 8. The van der Waals surface area contributed by atoms with E-state index >= 15 is 0 Å². The summed E-state index contributed by atoms with van der Waals surface area (Å²) in [6.45, 7) is 0. The number of aromatic hydroxyl groups is 4. The highest BCUT2D eigenvalue weighted by Crippen LogP contribution is 2.26. The number of carbonyl (C=O) groups is 3. The van der Waals surface area contributed by atoms with Gasteiger partial charge in [0.25, 0.3) is 5.91 Å². The normalized spacial score (nSPS) is 16.1. The van der Waals surface area contributed by atoms with Crippen LogP contribution >= 0.6 is 0 Å². The lowest BCUT2D eigenvalue weighted by Crippen LogP contribution is -2.32. The summed E-state index contributed by atoms with van der Waals surface area (Å²) in [6, 6.07) is 6.21. The van der Waals surface area contributed by atoms with E-state index in [4.69, 9.17) is 26.2 Å². The zero-order valence-corrected chi connectivity index (χ0v) is 15.6. The number of urea groups is 1. The third kappa shape index (κ3) is 6.01. The smallest absolute Gasteiger partial charge is 0.322 e. The molecule has 11 heteroatoms. The standard InChI is InChI=1S/C10H10N2O4.C9H11NO4/c13-7-2-1-5(4-8(7)14)3-6-9(15)12-10(16)11-6;10-6(9(13)14)3-5-1-2-7(11)8(12)4-5/h1-2,4,6,13-14H,3H2,(H2,11,12,15,16);1-2,4,6,11-12H,3,10H2,(H,13,14)/t;6-/m.0/s1. The second kappa shape index (κ2) is 9.47. The molecule has 11 nitrogen and oxygen atoms in total. The van der Waals surface area contributed by atoms with Crippen molar-refractivity contribution >= 4 is 17.9 Å². The lowest BCUT2D eigenvalue weighted by molar-refractivity contribution is -0.138. The van der Waals surface area contributed by atoms with Crippen LogP contribution in [0.2, 0.25) is 0 Å². The van der Waals surface area contributed by atoms with Gasteiger partial charge in [0.05, 0.1) is 0 Å². The van der Waals surface area contributed by atoms with Gasteiger partial charge in [0.1, 0.15) is 12.1 Å². The number of carbonyl (C=O) groups excluding carboxylic acids is 2. The monoisotopic (exact) mass is 419 g/mol. The molecule has 1 unspecified atom stereocenters. The molecule has 0 bridgehead atoms. The number of phenols is 4. The van der Waals surface area contributed by atoms with E-state index in [1.54, 1.807) is 6.07 Å². The van der Waals surface area contributed by atoms with Crippen LogP contribution in [-0.2, 0) is 22.4 Å². The molecular formula is C19H21N3O8. The van der Waals surface area contributed by atoms with E-state index in [9.17, 15) is 19.5 Å². The number of aliphatic carboxylic acids is 1. The highest BCUT2D eigenvalue weighted by atomic mass is 16.4. The average molecular weight is 419 g/mol. The summed E-state index contributed by atoms with van der Waals surface area (Å²) in [4.78, 5) is 32.5. The minimum absolute atomic E-state index is 0.114. The van der Waals surface area contributed by atoms with Crippen LogP contribution in [0.1, 0.15) is 11.1 Å². The number of carboxylic acids is 1. The fourth-order valence-corrected chi connectivity index (χ4v) is 2.57. The second-order valence-electron chi connectivity index (χ2n) is 6.51. The first-order valence-corrected chi connectivity index (χ1v) is 8.68. The van der Waals surface area contributed by atoms with Crippen LogP contribution in [-0.4, -0.2) is 55.5 Å². The predicted molar refractivity (Wildman–Crippen MR) is 103 cm³/mol. The van der Waals surface area contributed by atoms with Crippen LogP contribution in [0, 0.1) is 0 Å². The van der Waals surface area contributed by atoms with Crippen LogP contribution in [0.3, 0.4) is 0 Å². The zero-order valence-electron chi connectivity index (χ0n) is 15.6. The fourth-order valence-electron chi connectivity index (χ4n) is 2.57. The molecule has 0 radical (unpaired) electrons. The molecule has 0 aliphatic carbocycles. The number of phenolic OH excluding ortho intramolecular Hbond substituents is 4. The summed E-state index contributed by atoms with van der Waals surface area (Å²) in [7, 11) is 0. The maximum absolute atomic E-state index is 11.2.